The first-order valence-electron chi connectivity index (χ1n) is 4.10. The maximum Gasteiger partial charge on any atom is 0.207 e. The van der Waals surface area contributed by atoms with E-state index in [4.69, 9.17) is 19.9 Å². The normalized spacial score (nSPS) is 35.0. The Balaban J connectivity index is 2.71. The van der Waals surface area contributed by atoms with Gasteiger partial charge in [-0.2, -0.15) is 0 Å². The molecule has 0 aromatic rings. The summed E-state index contributed by atoms with van der Waals surface area (Å²) in [4.78, 5) is 0. The van der Waals surface area contributed by atoms with E-state index in [1.54, 1.807) is 14.2 Å². The molecule has 0 spiro atoms. The van der Waals surface area contributed by atoms with Gasteiger partial charge < -0.3 is 19.9 Å². The Hall–Kier alpha value is -0.160. The summed E-state index contributed by atoms with van der Waals surface area (Å²) in [5.41, 5.74) is 5.95. The van der Waals surface area contributed by atoms with Gasteiger partial charge >= 0.3 is 0 Å². The molecule has 12 heavy (non-hydrogen) atoms. The largest absolute Gasteiger partial charge is 0.375 e. The van der Waals surface area contributed by atoms with Crippen molar-refractivity contribution < 1.29 is 14.2 Å². The van der Waals surface area contributed by atoms with Crippen molar-refractivity contribution in [3.8, 4) is 0 Å². The van der Waals surface area contributed by atoms with E-state index in [-0.39, 0.29) is 12.0 Å². The highest BCUT2D eigenvalue weighted by Gasteiger charge is 2.43. The van der Waals surface area contributed by atoms with Crippen LogP contribution in [-0.2, 0) is 14.2 Å². The number of methoxy groups -OCH3 is 2. The first-order chi connectivity index (χ1) is 5.66. The van der Waals surface area contributed by atoms with Crippen molar-refractivity contribution in [2.24, 2.45) is 11.7 Å². The number of rotatable bonds is 2. The second-order valence-corrected chi connectivity index (χ2v) is 3.24. The topological polar surface area (TPSA) is 53.7 Å². The Labute approximate surface area is 73.0 Å². The molecule has 0 aromatic heterocycles. The smallest absolute Gasteiger partial charge is 0.207 e. The molecule has 0 saturated carbocycles. The number of nitrogens with two attached hydrogens (primary N) is 1. The fourth-order valence-electron chi connectivity index (χ4n) is 1.49. The van der Waals surface area contributed by atoms with Crippen LogP contribution in [0, 0.1) is 5.92 Å². The molecular weight excluding hydrogens is 158 g/mol. The van der Waals surface area contributed by atoms with Crippen LogP contribution in [0.3, 0.4) is 0 Å². The summed E-state index contributed by atoms with van der Waals surface area (Å²) in [5.74, 6) is -0.490. The van der Waals surface area contributed by atoms with E-state index in [9.17, 15) is 0 Å². The molecule has 0 radical (unpaired) electrons. The van der Waals surface area contributed by atoms with E-state index in [0.29, 0.717) is 13.2 Å². The molecule has 0 aromatic carbocycles. The number of hydrogen-bond donors (Lipinski definition) is 1. The van der Waals surface area contributed by atoms with Gasteiger partial charge in [-0.25, -0.2) is 0 Å². The highest BCUT2D eigenvalue weighted by atomic mass is 16.7. The Kier molecular flexibility index (Phi) is 3.06. The van der Waals surface area contributed by atoms with Crippen LogP contribution in [0.5, 0.6) is 0 Å². The number of hydrogen-bond acceptors (Lipinski definition) is 4. The molecular formula is C8H17NO3. The van der Waals surface area contributed by atoms with Gasteiger partial charge in [0.15, 0.2) is 0 Å². The summed E-state index contributed by atoms with van der Waals surface area (Å²) in [6.45, 7) is 3.11. The SMILES string of the molecule is COC1(OC)COC[C@H](C)[C@@H]1N. The van der Waals surface area contributed by atoms with Crippen molar-refractivity contribution in [2.75, 3.05) is 27.4 Å². The Morgan fingerprint density at radius 3 is 2.42 bits per heavy atom. The van der Waals surface area contributed by atoms with Gasteiger partial charge in [0.2, 0.25) is 5.79 Å². The van der Waals surface area contributed by atoms with E-state index >= 15 is 0 Å². The van der Waals surface area contributed by atoms with Crippen LogP contribution < -0.4 is 5.73 Å². The van der Waals surface area contributed by atoms with Crippen LogP contribution in [0.1, 0.15) is 6.92 Å². The van der Waals surface area contributed by atoms with E-state index in [1.807, 2.05) is 6.92 Å². The maximum atomic E-state index is 5.95. The first kappa shape index (κ1) is 9.92. The molecule has 0 bridgehead atoms. The zero-order chi connectivity index (χ0) is 9.19. The minimum atomic E-state index is -0.752. The molecule has 1 saturated heterocycles. The van der Waals surface area contributed by atoms with Gasteiger partial charge in [0.1, 0.15) is 6.61 Å². The van der Waals surface area contributed by atoms with Crippen LogP contribution in [0.15, 0.2) is 0 Å². The minimum absolute atomic E-state index is 0.124. The Morgan fingerprint density at radius 1 is 1.42 bits per heavy atom. The van der Waals surface area contributed by atoms with Crippen LogP contribution in [-0.4, -0.2) is 39.3 Å². The lowest BCUT2D eigenvalue weighted by Gasteiger charge is -2.42. The van der Waals surface area contributed by atoms with Crippen LogP contribution in [0.4, 0.5) is 0 Å². The summed E-state index contributed by atoms with van der Waals surface area (Å²) in [5, 5.41) is 0. The molecule has 1 aliphatic heterocycles. The summed E-state index contributed by atoms with van der Waals surface area (Å²) >= 11 is 0. The van der Waals surface area contributed by atoms with Crippen molar-refractivity contribution in [3.05, 3.63) is 0 Å². The van der Waals surface area contributed by atoms with Gasteiger partial charge in [-0.3, -0.25) is 0 Å². The van der Waals surface area contributed by atoms with Gasteiger partial charge in [-0.05, 0) is 5.92 Å². The van der Waals surface area contributed by atoms with Gasteiger partial charge in [-0.15, -0.1) is 0 Å². The van der Waals surface area contributed by atoms with Crippen molar-refractivity contribution in [3.63, 3.8) is 0 Å². The molecule has 72 valence electrons. The molecule has 0 unspecified atom stereocenters. The molecule has 0 amide bonds. The van der Waals surface area contributed by atoms with Crippen LogP contribution in [0.25, 0.3) is 0 Å². The molecule has 4 nitrogen and oxygen atoms in total. The number of ether oxygens (including phenoxy) is 3. The molecule has 4 heteroatoms. The minimum Gasteiger partial charge on any atom is -0.375 e. The predicted molar refractivity (Wildman–Crippen MR) is 44.7 cm³/mol. The second-order valence-electron chi connectivity index (χ2n) is 3.24. The summed E-state index contributed by atoms with van der Waals surface area (Å²) in [6, 6.07) is -0.124. The van der Waals surface area contributed by atoms with Crippen LogP contribution >= 0.6 is 0 Å². The zero-order valence-electron chi connectivity index (χ0n) is 7.87. The third-order valence-electron chi connectivity index (χ3n) is 2.50. The standard InChI is InChI=1S/C8H17NO3/c1-6-4-12-5-8(10-2,11-3)7(6)9/h6-7H,4-5,9H2,1-3H3/t6-,7-/m0/s1. The lowest BCUT2D eigenvalue weighted by molar-refractivity contribution is -0.274. The average molecular weight is 175 g/mol. The highest BCUT2D eigenvalue weighted by molar-refractivity contribution is 4.89. The van der Waals surface area contributed by atoms with Crippen molar-refractivity contribution >= 4 is 0 Å². The Morgan fingerprint density at radius 2 is 2.00 bits per heavy atom. The molecule has 1 aliphatic rings. The van der Waals surface area contributed by atoms with E-state index < -0.39 is 5.79 Å². The predicted octanol–water partition coefficient (Wildman–Crippen LogP) is -0.0309. The van der Waals surface area contributed by atoms with Gasteiger partial charge in [0.25, 0.3) is 0 Å². The molecule has 2 N–H and O–H groups in total. The van der Waals surface area contributed by atoms with Crippen molar-refractivity contribution in [2.45, 2.75) is 18.8 Å². The van der Waals surface area contributed by atoms with Crippen molar-refractivity contribution in [1.29, 1.82) is 0 Å². The maximum absolute atomic E-state index is 5.95. The van der Waals surface area contributed by atoms with Crippen molar-refractivity contribution in [1.82, 2.24) is 0 Å². The van der Waals surface area contributed by atoms with Gasteiger partial charge in [0.05, 0.1) is 12.6 Å². The molecule has 1 fully saturated rings. The summed E-state index contributed by atoms with van der Waals surface area (Å²) in [7, 11) is 3.18. The van der Waals surface area contributed by atoms with E-state index in [1.165, 1.54) is 0 Å². The monoisotopic (exact) mass is 175 g/mol. The summed E-state index contributed by atoms with van der Waals surface area (Å²) in [6.07, 6.45) is 0. The Bertz CT molecular complexity index is 147. The highest BCUT2D eigenvalue weighted by Crippen LogP contribution is 2.25. The second kappa shape index (κ2) is 3.70. The molecule has 0 aliphatic carbocycles. The zero-order valence-corrected chi connectivity index (χ0v) is 7.87. The first-order valence-corrected chi connectivity index (χ1v) is 4.10. The summed E-state index contributed by atoms with van der Waals surface area (Å²) < 4.78 is 15.8. The fourth-order valence-corrected chi connectivity index (χ4v) is 1.49. The lowest BCUT2D eigenvalue weighted by Crippen LogP contribution is -2.61. The third kappa shape index (κ3) is 1.47. The van der Waals surface area contributed by atoms with E-state index in [2.05, 4.69) is 0 Å². The molecule has 1 heterocycles. The van der Waals surface area contributed by atoms with E-state index in [0.717, 1.165) is 0 Å². The third-order valence-corrected chi connectivity index (χ3v) is 2.50. The molecule has 1 rings (SSSR count). The quantitative estimate of drug-likeness (QED) is 0.599. The fraction of sp³-hybridized carbons (Fsp3) is 1.00. The average Bonchev–Trinajstić information content (AvgIpc) is 2.11. The van der Waals surface area contributed by atoms with Gasteiger partial charge in [0, 0.05) is 14.2 Å². The lowest BCUT2D eigenvalue weighted by atomic mass is 9.93. The molecule has 2 atom stereocenters. The van der Waals surface area contributed by atoms with Crippen LogP contribution in [0.2, 0.25) is 0 Å². The van der Waals surface area contributed by atoms with Gasteiger partial charge in [-0.1, -0.05) is 6.92 Å².